The van der Waals surface area contributed by atoms with Gasteiger partial charge in [0.2, 0.25) is 0 Å². The fourth-order valence-electron chi connectivity index (χ4n) is 4.94. The zero-order valence-corrected chi connectivity index (χ0v) is 27.5. The minimum atomic E-state index is -0.846. The molecule has 43 heavy (non-hydrogen) atoms. The van der Waals surface area contributed by atoms with Crippen LogP contribution in [0.1, 0.15) is 80.2 Å². The van der Waals surface area contributed by atoms with E-state index in [-0.39, 0.29) is 30.8 Å². The number of ether oxygens (including phenoxy) is 5. The molecular formula is C35H53NO7. The summed E-state index contributed by atoms with van der Waals surface area (Å²) in [7, 11) is 0. The van der Waals surface area contributed by atoms with Crippen molar-refractivity contribution in [2.45, 2.75) is 111 Å². The monoisotopic (exact) mass is 599 g/mol. The maximum absolute atomic E-state index is 11.5. The van der Waals surface area contributed by atoms with Gasteiger partial charge in [-0.25, -0.2) is 0 Å². The number of aryl methyl sites for hydroxylation is 1. The molecule has 0 radical (unpaired) electrons. The third-order valence-corrected chi connectivity index (χ3v) is 7.77. The van der Waals surface area contributed by atoms with Crippen molar-refractivity contribution in [3.63, 3.8) is 0 Å². The van der Waals surface area contributed by atoms with Gasteiger partial charge in [-0.15, -0.1) is 4.91 Å². The van der Waals surface area contributed by atoms with Crippen molar-refractivity contribution >= 4 is 5.91 Å². The number of amides is 1. The van der Waals surface area contributed by atoms with Crippen LogP contribution in [0.25, 0.3) is 0 Å². The van der Waals surface area contributed by atoms with E-state index in [0.29, 0.717) is 26.1 Å². The molecule has 240 valence electrons. The zero-order valence-electron chi connectivity index (χ0n) is 27.5. The highest BCUT2D eigenvalue weighted by Gasteiger charge is 2.43. The molecule has 0 heterocycles. The molecule has 2 aromatic rings. The summed E-state index contributed by atoms with van der Waals surface area (Å²) in [5, 5.41) is 2.44. The van der Waals surface area contributed by atoms with Gasteiger partial charge in [0.1, 0.15) is 19.0 Å². The molecule has 2 rings (SSSR count). The van der Waals surface area contributed by atoms with Crippen LogP contribution in [0.3, 0.4) is 0 Å². The lowest BCUT2D eigenvalue weighted by Gasteiger charge is -2.46. The number of para-hydroxylation sites is 1. The average Bonchev–Trinajstić information content (AvgIpc) is 2.94. The Morgan fingerprint density at radius 3 is 2.07 bits per heavy atom. The number of nitroso groups, excluding NO2 is 1. The fourth-order valence-corrected chi connectivity index (χ4v) is 4.94. The summed E-state index contributed by atoms with van der Waals surface area (Å²) in [5.74, 6) is -0.0439. The Balaban J connectivity index is 2.07. The molecule has 0 N–H and O–H groups in total. The van der Waals surface area contributed by atoms with Crippen LogP contribution in [0.5, 0.6) is 5.75 Å². The van der Waals surface area contributed by atoms with Crippen LogP contribution < -0.4 is 4.74 Å². The Morgan fingerprint density at radius 2 is 1.47 bits per heavy atom. The summed E-state index contributed by atoms with van der Waals surface area (Å²) < 4.78 is 31.0. The maximum Gasteiger partial charge on any atom is 0.311 e. The van der Waals surface area contributed by atoms with Crippen molar-refractivity contribution in [1.82, 2.24) is 0 Å². The van der Waals surface area contributed by atoms with E-state index < -0.39 is 23.2 Å². The van der Waals surface area contributed by atoms with Gasteiger partial charge in [-0.05, 0) is 83.9 Å². The third kappa shape index (κ3) is 14.1. The third-order valence-electron chi connectivity index (χ3n) is 7.77. The van der Waals surface area contributed by atoms with Gasteiger partial charge in [-0.3, -0.25) is 4.79 Å². The summed E-state index contributed by atoms with van der Waals surface area (Å²) >= 11 is 0. The van der Waals surface area contributed by atoms with Crippen LogP contribution in [0.2, 0.25) is 0 Å². The lowest BCUT2D eigenvalue weighted by atomic mass is 9.73. The molecule has 2 aromatic carbocycles. The van der Waals surface area contributed by atoms with E-state index in [9.17, 15) is 9.70 Å². The van der Waals surface area contributed by atoms with E-state index >= 15 is 0 Å². The van der Waals surface area contributed by atoms with E-state index in [4.69, 9.17) is 23.7 Å². The molecule has 0 aliphatic heterocycles. The van der Waals surface area contributed by atoms with Gasteiger partial charge < -0.3 is 23.7 Å². The summed E-state index contributed by atoms with van der Waals surface area (Å²) in [6.07, 6.45) is 2.53. The molecule has 0 aliphatic carbocycles. The van der Waals surface area contributed by atoms with Crippen molar-refractivity contribution in [1.29, 1.82) is 0 Å². The Kier molecular flexibility index (Phi) is 15.0. The number of hydrogen-bond donors (Lipinski definition) is 0. The smallest absolute Gasteiger partial charge is 0.311 e. The molecule has 0 fully saturated rings. The first kappa shape index (κ1) is 36.5. The first-order chi connectivity index (χ1) is 20.2. The average molecular weight is 600 g/mol. The van der Waals surface area contributed by atoms with Gasteiger partial charge in [-0.1, -0.05) is 62.4 Å². The van der Waals surface area contributed by atoms with Crippen LogP contribution in [-0.4, -0.2) is 61.8 Å². The predicted molar refractivity (Wildman–Crippen MR) is 170 cm³/mol. The molecule has 0 saturated carbocycles. The molecule has 2 atom stereocenters. The predicted octanol–water partition coefficient (Wildman–Crippen LogP) is 7.57. The van der Waals surface area contributed by atoms with Gasteiger partial charge in [-0.2, -0.15) is 0 Å². The standard InChI is InChI=1S/C35H53NO7/c1-27(2)42-30(25-40-29-19-13-10-14-20-29)22-33(3,4)35(7,8)43-31(24-39-26-32(37)36-38)23-34(5,6)41-21-15-18-28-16-11-9-12-17-28/h9-14,16-17,19-20,27,30-31H,15,18,21-26H2,1-8H3. The molecule has 1 amide bonds. The molecular weight excluding hydrogens is 546 g/mol. The highest BCUT2D eigenvalue weighted by Crippen LogP contribution is 2.40. The Hall–Kier alpha value is -2.65. The Labute approximate surface area is 258 Å². The second kappa shape index (κ2) is 17.6. The first-order valence-corrected chi connectivity index (χ1v) is 15.4. The summed E-state index contributed by atoms with van der Waals surface area (Å²) in [6.45, 7) is 17.3. The second-order valence-corrected chi connectivity index (χ2v) is 13.2. The zero-order chi connectivity index (χ0) is 31.9. The second-order valence-electron chi connectivity index (χ2n) is 13.2. The van der Waals surface area contributed by atoms with Crippen LogP contribution in [0.4, 0.5) is 0 Å². The van der Waals surface area contributed by atoms with E-state index in [1.807, 2.05) is 76.2 Å². The minimum absolute atomic E-state index is 0.0363. The highest BCUT2D eigenvalue weighted by molar-refractivity contribution is 5.77. The number of benzene rings is 2. The van der Waals surface area contributed by atoms with Crippen molar-refractivity contribution in [2.75, 3.05) is 26.4 Å². The Bertz CT molecular complexity index is 1070. The lowest BCUT2D eigenvalue weighted by molar-refractivity contribution is -0.183. The van der Waals surface area contributed by atoms with Crippen LogP contribution in [0.15, 0.2) is 65.8 Å². The van der Waals surface area contributed by atoms with Gasteiger partial charge in [0.15, 0.2) is 0 Å². The van der Waals surface area contributed by atoms with Gasteiger partial charge in [0, 0.05) is 18.2 Å². The quantitative estimate of drug-likeness (QED) is 0.108. The molecule has 0 spiro atoms. The highest BCUT2D eigenvalue weighted by atomic mass is 16.6. The normalized spacial score (nSPS) is 14.0. The molecule has 0 aliphatic rings. The number of nitrogens with zero attached hydrogens (tertiary/aromatic N) is 1. The number of carbonyl (C=O) groups excluding carboxylic acids is 1. The first-order valence-electron chi connectivity index (χ1n) is 15.4. The summed E-state index contributed by atoms with van der Waals surface area (Å²) in [5.41, 5.74) is -0.191. The van der Waals surface area contributed by atoms with Gasteiger partial charge >= 0.3 is 5.91 Å². The Morgan fingerprint density at radius 1 is 0.837 bits per heavy atom. The lowest BCUT2D eigenvalue weighted by Crippen LogP contribution is -2.49. The molecule has 0 bridgehead atoms. The minimum Gasteiger partial charge on any atom is -0.491 e. The molecule has 2 unspecified atom stereocenters. The van der Waals surface area contributed by atoms with Gasteiger partial charge in [0.05, 0.1) is 36.1 Å². The van der Waals surface area contributed by atoms with Crippen LogP contribution in [-0.2, 0) is 30.2 Å². The fraction of sp³-hybridized carbons (Fsp3) is 0.629. The van der Waals surface area contributed by atoms with Gasteiger partial charge in [0.25, 0.3) is 0 Å². The number of hydrogen-bond acceptors (Lipinski definition) is 7. The van der Waals surface area contributed by atoms with Crippen LogP contribution >= 0.6 is 0 Å². The van der Waals surface area contributed by atoms with E-state index in [2.05, 4.69) is 45.0 Å². The van der Waals surface area contributed by atoms with Crippen molar-refractivity contribution < 1.29 is 28.5 Å². The van der Waals surface area contributed by atoms with E-state index in [0.717, 1.165) is 18.6 Å². The van der Waals surface area contributed by atoms with Crippen molar-refractivity contribution in [2.24, 2.45) is 10.6 Å². The molecule has 0 saturated heterocycles. The van der Waals surface area contributed by atoms with Crippen molar-refractivity contribution in [3.05, 3.63) is 71.1 Å². The SMILES string of the molecule is CC(C)OC(COc1ccccc1)CC(C)(C)C(C)(C)OC(COCC(=O)N=O)CC(C)(C)OCCCc1ccccc1. The molecule has 0 aromatic heterocycles. The number of carbonyl (C=O) groups is 1. The molecule has 8 heteroatoms. The topological polar surface area (TPSA) is 92.6 Å². The van der Waals surface area contributed by atoms with Crippen molar-refractivity contribution in [3.8, 4) is 5.75 Å². The largest absolute Gasteiger partial charge is 0.491 e. The van der Waals surface area contributed by atoms with Crippen LogP contribution in [0, 0.1) is 10.3 Å². The van der Waals surface area contributed by atoms with E-state index in [1.54, 1.807) is 0 Å². The summed E-state index contributed by atoms with van der Waals surface area (Å²) in [4.78, 5) is 22.1. The number of rotatable bonds is 21. The maximum atomic E-state index is 11.5. The summed E-state index contributed by atoms with van der Waals surface area (Å²) in [6, 6.07) is 20.1. The molecule has 8 nitrogen and oxygen atoms in total. The van der Waals surface area contributed by atoms with E-state index in [1.165, 1.54) is 5.56 Å².